The van der Waals surface area contributed by atoms with E-state index >= 15 is 0 Å². The summed E-state index contributed by atoms with van der Waals surface area (Å²) in [6, 6.07) is 2.58. The van der Waals surface area contributed by atoms with Crippen molar-refractivity contribution in [3.05, 3.63) is 22.4 Å². The van der Waals surface area contributed by atoms with E-state index < -0.39 is 0 Å². The van der Waals surface area contributed by atoms with E-state index in [2.05, 4.69) is 42.5 Å². The molecular formula is C12H22N2S. The lowest BCUT2D eigenvalue weighted by molar-refractivity contribution is 0.189. The van der Waals surface area contributed by atoms with Crippen molar-refractivity contribution in [1.29, 1.82) is 0 Å². The summed E-state index contributed by atoms with van der Waals surface area (Å²) in [5, 5.41) is 4.34. The first-order valence-electron chi connectivity index (χ1n) is 5.65. The van der Waals surface area contributed by atoms with Crippen molar-refractivity contribution in [3.63, 3.8) is 0 Å². The monoisotopic (exact) mass is 226 g/mol. The van der Waals surface area contributed by atoms with Crippen LogP contribution < -0.4 is 5.73 Å². The van der Waals surface area contributed by atoms with E-state index in [1.54, 1.807) is 11.3 Å². The van der Waals surface area contributed by atoms with E-state index in [4.69, 9.17) is 5.73 Å². The molecule has 1 heterocycles. The van der Waals surface area contributed by atoms with E-state index in [0.717, 1.165) is 13.1 Å². The van der Waals surface area contributed by atoms with Crippen molar-refractivity contribution in [2.45, 2.75) is 26.8 Å². The van der Waals surface area contributed by atoms with Crippen LogP contribution in [0.2, 0.25) is 0 Å². The highest BCUT2D eigenvalue weighted by atomic mass is 32.1. The van der Waals surface area contributed by atoms with Gasteiger partial charge in [0, 0.05) is 19.1 Å². The van der Waals surface area contributed by atoms with Gasteiger partial charge < -0.3 is 5.73 Å². The van der Waals surface area contributed by atoms with Gasteiger partial charge in [0.15, 0.2) is 0 Å². The van der Waals surface area contributed by atoms with Crippen LogP contribution >= 0.6 is 11.3 Å². The SMILES string of the molecule is CCN(CC(C)C)C(CN)c1ccsc1. The summed E-state index contributed by atoms with van der Waals surface area (Å²) in [5.74, 6) is 0.692. The summed E-state index contributed by atoms with van der Waals surface area (Å²) < 4.78 is 0. The second-order valence-corrected chi connectivity index (χ2v) is 5.07. The van der Waals surface area contributed by atoms with E-state index in [9.17, 15) is 0 Å². The van der Waals surface area contributed by atoms with Gasteiger partial charge in [-0.25, -0.2) is 0 Å². The van der Waals surface area contributed by atoms with Gasteiger partial charge in [0.2, 0.25) is 0 Å². The van der Waals surface area contributed by atoms with Gasteiger partial charge in [-0.2, -0.15) is 11.3 Å². The maximum absolute atomic E-state index is 5.88. The fraction of sp³-hybridized carbons (Fsp3) is 0.667. The van der Waals surface area contributed by atoms with E-state index in [0.29, 0.717) is 18.5 Å². The van der Waals surface area contributed by atoms with Crippen LogP contribution in [0.5, 0.6) is 0 Å². The number of likely N-dealkylation sites (N-methyl/N-ethyl adjacent to an activating group) is 1. The Bertz CT molecular complexity index is 257. The number of hydrogen-bond donors (Lipinski definition) is 1. The molecule has 0 aliphatic rings. The second kappa shape index (κ2) is 6.26. The quantitative estimate of drug-likeness (QED) is 0.808. The van der Waals surface area contributed by atoms with Crippen LogP contribution in [0.4, 0.5) is 0 Å². The molecule has 0 aliphatic carbocycles. The van der Waals surface area contributed by atoms with Gasteiger partial charge in [-0.3, -0.25) is 4.90 Å². The molecule has 0 aromatic carbocycles. The zero-order valence-corrected chi connectivity index (χ0v) is 10.8. The first-order valence-corrected chi connectivity index (χ1v) is 6.59. The van der Waals surface area contributed by atoms with Gasteiger partial charge in [-0.05, 0) is 34.9 Å². The Kier molecular flexibility index (Phi) is 5.29. The summed E-state index contributed by atoms with van der Waals surface area (Å²) in [7, 11) is 0. The molecule has 1 unspecified atom stereocenters. The summed E-state index contributed by atoms with van der Waals surface area (Å²) >= 11 is 1.75. The highest BCUT2D eigenvalue weighted by Crippen LogP contribution is 2.22. The van der Waals surface area contributed by atoms with Gasteiger partial charge in [-0.15, -0.1) is 0 Å². The number of nitrogens with zero attached hydrogens (tertiary/aromatic N) is 1. The molecule has 1 atom stereocenters. The number of nitrogens with two attached hydrogens (primary N) is 1. The average molecular weight is 226 g/mol. The highest BCUT2D eigenvalue weighted by Gasteiger charge is 2.18. The molecule has 2 N–H and O–H groups in total. The van der Waals surface area contributed by atoms with Crippen LogP contribution in [0.3, 0.4) is 0 Å². The molecule has 1 aromatic heterocycles. The van der Waals surface area contributed by atoms with Crippen LogP contribution in [0.25, 0.3) is 0 Å². The van der Waals surface area contributed by atoms with Gasteiger partial charge in [-0.1, -0.05) is 20.8 Å². The van der Waals surface area contributed by atoms with Crippen molar-refractivity contribution < 1.29 is 0 Å². The van der Waals surface area contributed by atoms with Crippen molar-refractivity contribution >= 4 is 11.3 Å². The molecule has 1 aromatic rings. The Hall–Kier alpha value is -0.380. The van der Waals surface area contributed by atoms with E-state index in [1.807, 2.05) is 0 Å². The summed E-state index contributed by atoms with van der Waals surface area (Å²) in [4.78, 5) is 2.46. The van der Waals surface area contributed by atoms with Crippen LogP contribution in [-0.2, 0) is 0 Å². The van der Waals surface area contributed by atoms with Crippen molar-refractivity contribution in [3.8, 4) is 0 Å². The molecule has 0 amide bonds. The molecule has 0 fully saturated rings. The third kappa shape index (κ3) is 3.59. The summed E-state index contributed by atoms with van der Waals surface area (Å²) in [6.07, 6.45) is 0. The molecule has 2 nitrogen and oxygen atoms in total. The molecule has 3 heteroatoms. The Morgan fingerprint density at radius 2 is 2.20 bits per heavy atom. The standard InChI is InChI=1S/C12H22N2S/c1-4-14(8-10(2)3)12(7-13)11-5-6-15-9-11/h5-6,9-10,12H,4,7-8,13H2,1-3H3. The van der Waals surface area contributed by atoms with Crippen LogP contribution in [0, 0.1) is 5.92 Å². The fourth-order valence-corrected chi connectivity index (χ4v) is 2.61. The van der Waals surface area contributed by atoms with E-state index in [1.165, 1.54) is 5.56 Å². The minimum atomic E-state index is 0.392. The lowest BCUT2D eigenvalue weighted by Gasteiger charge is -2.30. The minimum Gasteiger partial charge on any atom is -0.329 e. The summed E-state index contributed by atoms with van der Waals surface area (Å²) in [6.45, 7) is 9.60. The van der Waals surface area contributed by atoms with Crippen molar-refractivity contribution in [2.24, 2.45) is 11.7 Å². The Morgan fingerprint density at radius 1 is 1.47 bits per heavy atom. The number of rotatable bonds is 6. The Balaban J connectivity index is 2.71. The molecule has 86 valence electrons. The third-order valence-electron chi connectivity index (χ3n) is 2.60. The van der Waals surface area contributed by atoms with Crippen molar-refractivity contribution in [1.82, 2.24) is 4.90 Å². The van der Waals surface area contributed by atoms with Crippen LogP contribution in [0.1, 0.15) is 32.4 Å². The number of hydrogen-bond acceptors (Lipinski definition) is 3. The maximum Gasteiger partial charge on any atom is 0.0478 e. The molecule has 0 radical (unpaired) electrons. The predicted molar refractivity (Wildman–Crippen MR) is 68.2 cm³/mol. The topological polar surface area (TPSA) is 29.3 Å². The Labute approximate surface area is 97.1 Å². The number of thiophene rings is 1. The molecule has 0 saturated carbocycles. The molecule has 0 bridgehead atoms. The molecule has 0 saturated heterocycles. The second-order valence-electron chi connectivity index (χ2n) is 4.29. The molecule has 15 heavy (non-hydrogen) atoms. The minimum absolute atomic E-state index is 0.392. The van der Waals surface area contributed by atoms with Gasteiger partial charge in [0.25, 0.3) is 0 Å². The lowest BCUT2D eigenvalue weighted by Crippen LogP contribution is -2.35. The smallest absolute Gasteiger partial charge is 0.0478 e. The average Bonchev–Trinajstić information content (AvgIpc) is 2.70. The largest absolute Gasteiger partial charge is 0.329 e. The zero-order valence-electron chi connectivity index (χ0n) is 9.94. The van der Waals surface area contributed by atoms with Gasteiger partial charge in [0.05, 0.1) is 0 Å². The first-order chi connectivity index (χ1) is 7.19. The molecule has 0 aliphatic heterocycles. The van der Waals surface area contributed by atoms with Gasteiger partial charge in [0.1, 0.15) is 0 Å². The predicted octanol–water partition coefficient (Wildman–Crippen LogP) is 2.73. The fourth-order valence-electron chi connectivity index (χ4n) is 1.91. The normalized spacial score (nSPS) is 13.7. The van der Waals surface area contributed by atoms with Crippen LogP contribution in [-0.4, -0.2) is 24.5 Å². The molecular weight excluding hydrogens is 204 g/mol. The van der Waals surface area contributed by atoms with Crippen LogP contribution in [0.15, 0.2) is 16.8 Å². The summed E-state index contributed by atoms with van der Waals surface area (Å²) in [5.41, 5.74) is 7.24. The maximum atomic E-state index is 5.88. The molecule has 0 spiro atoms. The molecule has 1 rings (SSSR count). The highest BCUT2D eigenvalue weighted by molar-refractivity contribution is 7.07. The Morgan fingerprint density at radius 3 is 2.60 bits per heavy atom. The zero-order chi connectivity index (χ0) is 11.3. The van der Waals surface area contributed by atoms with Crippen molar-refractivity contribution in [2.75, 3.05) is 19.6 Å². The first kappa shape index (κ1) is 12.7. The van der Waals surface area contributed by atoms with E-state index in [-0.39, 0.29) is 0 Å². The third-order valence-corrected chi connectivity index (χ3v) is 3.30. The lowest BCUT2D eigenvalue weighted by atomic mass is 10.1. The van der Waals surface area contributed by atoms with Gasteiger partial charge >= 0.3 is 0 Å².